The molecule has 29 heavy (non-hydrogen) atoms. The second-order valence-electron chi connectivity index (χ2n) is 8.48. The van der Waals surface area contributed by atoms with Gasteiger partial charge in [0, 0.05) is 60.7 Å². The van der Waals surface area contributed by atoms with Gasteiger partial charge in [-0.2, -0.15) is 0 Å². The van der Waals surface area contributed by atoms with Crippen molar-refractivity contribution in [1.29, 1.82) is 0 Å². The molecule has 150 valence electrons. The van der Waals surface area contributed by atoms with Gasteiger partial charge in [-0.15, -0.1) is 0 Å². The van der Waals surface area contributed by atoms with Gasteiger partial charge in [-0.1, -0.05) is 13.0 Å². The Morgan fingerprint density at radius 2 is 2.00 bits per heavy atom. The summed E-state index contributed by atoms with van der Waals surface area (Å²) in [5.74, 6) is 0.810. The zero-order chi connectivity index (χ0) is 22.6. The number of hydrogen-bond acceptors (Lipinski definition) is 3. The van der Waals surface area contributed by atoms with Crippen LogP contribution in [0.2, 0.25) is 0 Å². The summed E-state index contributed by atoms with van der Waals surface area (Å²) >= 11 is 0. The Bertz CT molecular complexity index is 1100. The van der Waals surface area contributed by atoms with E-state index in [4.69, 9.17) is 4.11 Å². The van der Waals surface area contributed by atoms with E-state index in [2.05, 4.69) is 4.98 Å². The first-order valence-corrected chi connectivity index (χ1v) is 10.5. The number of anilines is 1. The molecule has 2 amide bonds. The van der Waals surface area contributed by atoms with E-state index in [0.29, 0.717) is 30.4 Å². The lowest BCUT2D eigenvalue weighted by Gasteiger charge is -2.29. The summed E-state index contributed by atoms with van der Waals surface area (Å²) in [5, 5.41) is 0. The first-order chi connectivity index (χ1) is 15.3. The Morgan fingerprint density at radius 3 is 2.79 bits per heavy atom. The molecule has 5 rings (SSSR count). The molecule has 5 heteroatoms. The summed E-state index contributed by atoms with van der Waals surface area (Å²) in [7, 11) is 0. The van der Waals surface area contributed by atoms with Crippen LogP contribution in [0.25, 0.3) is 11.1 Å². The molecular formula is C24H27N3O2. The van der Waals surface area contributed by atoms with Crippen LogP contribution in [0.4, 0.5) is 5.69 Å². The Hall–Kier alpha value is -2.69. The van der Waals surface area contributed by atoms with Crippen molar-refractivity contribution < 1.29 is 13.7 Å². The van der Waals surface area contributed by atoms with Gasteiger partial charge in [0.05, 0.1) is 0 Å². The van der Waals surface area contributed by atoms with Gasteiger partial charge < -0.3 is 9.80 Å². The Labute approximate surface area is 175 Å². The van der Waals surface area contributed by atoms with Crippen molar-refractivity contribution in [3.05, 3.63) is 47.3 Å². The zero-order valence-corrected chi connectivity index (χ0v) is 16.6. The lowest BCUT2D eigenvalue weighted by molar-refractivity contribution is -0.130. The van der Waals surface area contributed by atoms with Crippen molar-refractivity contribution in [3.8, 4) is 11.1 Å². The summed E-state index contributed by atoms with van der Waals surface area (Å²) in [4.78, 5) is 32.0. The highest BCUT2D eigenvalue weighted by atomic mass is 16.2. The molecule has 2 aliphatic heterocycles. The highest BCUT2D eigenvalue weighted by Gasteiger charge is 2.38. The Morgan fingerprint density at radius 1 is 1.17 bits per heavy atom. The number of hydrogen-bond donors (Lipinski definition) is 0. The number of rotatable bonds is 2. The van der Waals surface area contributed by atoms with Crippen molar-refractivity contribution in [2.24, 2.45) is 11.8 Å². The number of benzene rings is 1. The first kappa shape index (κ1) is 15.2. The van der Waals surface area contributed by atoms with Gasteiger partial charge in [-0.05, 0) is 65.5 Å². The van der Waals surface area contributed by atoms with Gasteiger partial charge in [-0.25, -0.2) is 0 Å². The van der Waals surface area contributed by atoms with E-state index < -0.39 is 6.98 Å². The van der Waals surface area contributed by atoms with Crippen LogP contribution in [-0.2, 0) is 28.9 Å². The molecule has 0 N–H and O–H groups in total. The van der Waals surface area contributed by atoms with E-state index in [1.54, 1.807) is 6.07 Å². The third-order valence-electron chi connectivity index (χ3n) is 6.82. The minimum Gasteiger partial charge on any atom is -0.342 e. The number of aryl methyl sites for hydroxylation is 1. The molecule has 5 nitrogen and oxygen atoms in total. The minimum absolute atomic E-state index is 0.199. The summed E-state index contributed by atoms with van der Waals surface area (Å²) < 4.78 is 23.3. The number of amides is 2. The largest absolute Gasteiger partial charge is 0.342 e. The number of nitrogens with zero attached hydrogens (tertiary/aromatic N) is 3. The maximum absolute atomic E-state index is 12.3. The fourth-order valence-corrected chi connectivity index (χ4v) is 5.23. The fourth-order valence-electron chi connectivity index (χ4n) is 5.23. The third-order valence-corrected chi connectivity index (χ3v) is 6.82. The second-order valence-corrected chi connectivity index (χ2v) is 8.48. The Kier molecular flexibility index (Phi) is 3.65. The van der Waals surface area contributed by atoms with Crippen molar-refractivity contribution >= 4 is 17.5 Å². The van der Waals surface area contributed by atoms with E-state index in [-0.39, 0.29) is 18.2 Å². The molecular weight excluding hydrogens is 362 g/mol. The molecule has 0 spiro atoms. The molecule has 1 aromatic carbocycles. The highest BCUT2D eigenvalue weighted by Crippen LogP contribution is 2.40. The zero-order valence-electron chi connectivity index (χ0n) is 19.6. The summed E-state index contributed by atoms with van der Waals surface area (Å²) in [6.07, 6.45) is 6.97. The van der Waals surface area contributed by atoms with Gasteiger partial charge >= 0.3 is 0 Å². The molecule has 1 aromatic heterocycles. The van der Waals surface area contributed by atoms with Crippen LogP contribution < -0.4 is 4.90 Å². The molecule has 0 unspecified atom stereocenters. The Balaban J connectivity index is 1.48. The highest BCUT2D eigenvalue weighted by molar-refractivity contribution is 5.96. The first-order valence-electron chi connectivity index (χ1n) is 12.0. The van der Waals surface area contributed by atoms with Crippen molar-refractivity contribution in [1.82, 2.24) is 9.88 Å². The van der Waals surface area contributed by atoms with Crippen LogP contribution in [0.5, 0.6) is 0 Å². The van der Waals surface area contributed by atoms with Crippen LogP contribution in [0, 0.1) is 11.8 Å². The molecule has 3 heterocycles. The maximum atomic E-state index is 12.3. The molecule has 0 bridgehead atoms. The topological polar surface area (TPSA) is 53.5 Å². The second kappa shape index (κ2) is 6.97. The molecule has 1 aliphatic carbocycles. The van der Waals surface area contributed by atoms with Gasteiger partial charge in [0.15, 0.2) is 0 Å². The van der Waals surface area contributed by atoms with Crippen LogP contribution in [0.3, 0.4) is 0 Å². The predicted molar refractivity (Wildman–Crippen MR) is 113 cm³/mol. The normalized spacial score (nSPS) is 24.9. The molecule has 1 saturated heterocycles. The molecule has 0 saturated carbocycles. The minimum atomic E-state index is -2.49. The van der Waals surface area contributed by atoms with Crippen LogP contribution in [0.1, 0.15) is 40.6 Å². The average Bonchev–Trinajstić information content (AvgIpc) is 3.18. The van der Waals surface area contributed by atoms with Crippen molar-refractivity contribution in [3.63, 3.8) is 0 Å². The summed E-state index contributed by atoms with van der Waals surface area (Å²) in [6.45, 7) is 1.08. The molecule has 1 fully saturated rings. The number of likely N-dealkylation sites (tertiary alicyclic amines) is 1. The van der Waals surface area contributed by atoms with E-state index in [1.165, 1.54) is 11.1 Å². The SMILES string of the molecule is [2H]C([2H])([2H])N1C(=O)CCc2cc(-c3cncc4c3C[C@H]3CN(C(=O)CC)C[C@H]3C4)ccc21. The smallest absolute Gasteiger partial charge is 0.227 e. The lowest BCUT2D eigenvalue weighted by atomic mass is 9.76. The summed E-state index contributed by atoms with van der Waals surface area (Å²) in [5.41, 5.74) is 5.96. The van der Waals surface area contributed by atoms with E-state index in [0.717, 1.165) is 47.5 Å². The number of carbonyl (C=O) groups excluding carboxylic acids is 2. The van der Waals surface area contributed by atoms with E-state index >= 15 is 0 Å². The quantitative estimate of drug-likeness (QED) is 0.788. The van der Waals surface area contributed by atoms with Gasteiger partial charge in [-0.3, -0.25) is 14.6 Å². The third kappa shape index (κ3) is 3.04. The lowest BCUT2D eigenvalue weighted by Crippen LogP contribution is -2.31. The number of aromatic nitrogens is 1. The monoisotopic (exact) mass is 392 g/mol. The maximum Gasteiger partial charge on any atom is 0.227 e. The van der Waals surface area contributed by atoms with Crippen molar-refractivity contribution in [2.75, 3.05) is 25.0 Å². The standard InChI is InChI=1S/C24H27N3O2/c1-3-23(28)27-13-18-9-17-11-25-12-21(20(17)10-19(18)14-27)15-4-6-22-16(8-15)5-7-24(29)26(22)2/h4,6,8,11-12,18-19H,3,5,7,9-10,13-14H2,1-2H3/t18-,19+/m1/s1/i2D3. The van der Waals surface area contributed by atoms with Crippen molar-refractivity contribution in [2.45, 2.75) is 39.0 Å². The molecule has 2 atom stereocenters. The summed E-state index contributed by atoms with van der Waals surface area (Å²) in [6, 6.07) is 5.68. The number of pyridine rings is 1. The van der Waals surface area contributed by atoms with Crippen LogP contribution in [-0.4, -0.2) is 41.8 Å². The number of carbonyl (C=O) groups is 2. The molecule has 3 aliphatic rings. The van der Waals surface area contributed by atoms with E-state index in [9.17, 15) is 9.59 Å². The van der Waals surface area contributed by atoms with Gasteiger partial charge in [0.25, 0.3) is 0 Å². The molecule has 0 radical (unpaired) electrons. The number of fused-ring (bicyclic) bond motifs is 3. The van der Waals surface area contributed by atoms with Crippen LogP contribution in [0.15, 0.2) is 30.6 Å². The van der Waals surface area contributed by atoms with Gasteiger partial charge in [0.2, 0.25) is 11.8 Å². The molecule has 2 aromatic rings. The van der Waals surface area contributed by atoms with Gasteiger partial charge in [0.1, 0.15) is 0 Å². The van der Waals surface area contributed by atoms with Crippen LogP contribution >= 0.6 is 0 Å². The van der Waals surface area contributed by atoms with E-state index in [1.807, 2.05) is 36.4 Å². The predicted octanol–water partition coefficient (Wildman–Crippen LogP) is 3.24. The fraction of sp³-hybridized carbons (Fsp3) is 0.458. The average molecular weight is 393 g/mol.